The molecule has 16 rings (SSSR count). The zero-order valence-corrected chi connectivity index (χ0v) is 71.3. The van der Waals surface area contributed by atoms with E-state index in [1.807, 2.05) is 100 Å². The van der Waals surface area contributed by atoms with Gasteiger partial charge in [-0.2, -0.15) is 43.6 Å². The molecular formula is C81H96N32O4S3. The van der Waals surface area contributed by atoms with Gasteiger partial charge in [-0.15, -0.1) is 11.3 Å². The fraction of sp³-hybridized carbons (Fsp3) is 0.272. The maximum Gasteiger partial charge on any atom is 0.319 e. The first kappa shape index (κ1) is 89.7. The number of nitrogens with two attached hydrogens (primary N) is 9. The van der Waals surface area contributed by atoms with E-state index in [1.165, 1.54) is 45.6 Å². The summed E-state index contributed by atoms with van der Waals surface area (Å²) in [6.45, 7) is 31.4. The average molecular weight is 1680 g/mol. The van der Waals surface area contributed by atoms with Crippen molar-refractivity contribution in [1.82, 2.24) is 114 Å². The number of hydrogen-bond donors (Lipinski definition) is 9. The van der Waals surface area contributed by atoms with Gasteiger partial charge < -0.3 is 69.6 Å². The Bertz CT molecular complexity index is 5150. The van der Waals surface area contributed by atoms with Crippen molar-refractivity contribution >= 4 is 86.9 Å². The van der Waals surface area contributed by atoms with Gasteiger partial charge in [0.15, 0.2) is 16.0 Å². The Labute approximate surface area is 705 Å². The second-order valence-corrected chi connectivity index (χ2v) is 31.0. The maximum absolute atomic E-state index is 5.58. The number of pyridine rings is 5. The van der Waals surface area contributed by atoms with Gasteiger partial charge in [-0.05, 0) is 136 Å². The van der Waals surface area contributed by atoms with Crippen molar-refractivity contribution in [2.45, 2.75) is 145 Å². The largest absolute Gasteiger partial charge is 0.432 e. The maximum atomic E-state index is 5.58. The molecule has 0 aliphatic rings. The molecule has 0 fully saturated rings. The number of thiazole rings is 1. The summed E-state index contributed by atoms with van der Waals surface area (Å²) < 4.78 is 27.6. The zero-order valence-electron chi connectivity index (χ0n) is 68.9. The van der Waals surface area contributed by atoms with Crippen LogP contribution < -0.4 is 51.6 Å². The highest BCUT2D eigenvalue weighted by Gasteiger charge is 2.16. The number of oxazole rings is 1. The van der Waals surface area contributed by atoms with E-state index >= 15 is 0 Å². The first-order valence-corrected chi connectivity index (χ1v) is 40.0. The Morgan fingerprint density at radius 2 is 0.967 bits per heavy atom. The molecule has 1 aromatic carbocycles. The smallest absolute Gasteiger partial charge is 0.319 e. The summed E-state index contributed by atoms with van der Waals surface area (Å²) in [5.74, 6) is 7.37. The summed E-state index contributed by atoms with van der Waals surface area (Å²) in [6.07, 6.45) is 17.2. The number of anilines is 9. The predicted molar refractivity (Wildman–Crippen MR) is 470 cm³/mol. The molecule has 0 radical (unpaired) electrons. The number of rotatable bonds is 15. The van der Waals surface area contributed by atoms with Crippen LogP contribution in [0, 0.1) is 6.92 Å². The third-order valence-electron chi connectivity index (χ3n) is 16.5. The lowest BCUT2D eigenvalue weighted by molar-refractivity contribution is 0.365. The van der Waals surface area contributed by atoms with Crippen LogP contribution in [-0.4, -0.2) is 114 Å². The molecule has 0 aliphatic heterocycles. The Morgan fingerprint density at radius 3 is 1.47 bits per heavy atom. The number of aromatic nitrogens is 23. The van der Waals surface area contributed by atoms with Crippen LogP contribution in [0.25, 0.3) is 89.9 Å². The van der Waals surface area contributed by atoms with Crippen molar-refractivity contribution in [3.05, 3.63) is 204 Å². The van der Waals surface area contributed by atoms with Crippen LogP contribution in [-0.2, 0) is 0 Å². The second kappa shape index (κ2) is 43.1. The molecule has 622 valence electrons. The lowest BCUT2D eigenvalue weighted by Gasteiger charge is -2.04. The summed E-state index contributed by atoms with van der Waals surface area (Å²) in [7, 11) is 0. The van der Waals surface area contributed by atoms with Gasteiger partial charge in [-0.25, -0.2) is 24.9 Å². The predicted octanol–water partition coefficient (Wildman–Crippen LogP) is 15.9. The molecule has 16 aromatic rings. The molecule has 0 saturated carbocycles. The van der Waals surface area contributed by atoms with E-state index in [4.69, 9.17) is 65.1 Å². The molecule has 0 spiro atoms. The van der Waals surface area contributed by atoms with Gasteiger partial charge in [-0.3, -0.25) is 29.9 Å². The summed E-state index contributed by atoms with van der Waals surface area (Å²) >= 11 is 4.06. The third-order valence-corrected chi connectivity index (χ3v) is 19.1. The van der Waals surface area contributed by atoms with Crippen LogP contribution in [0.4, 0.5) is 52.5 Å². The summed E-state index contributed by atoms with van der Waals surface area (Å²) in [5.41, 5.74) is 63.5. The molecule has 39 heteroatoms. The molecule has 0 bridgehead atoms. The van der Waals surface area contributed by atoms with Gasteiger partial charge in [0.25, 0.3) is 17.9 Å². The molecule has 15 heterocycles. The van der Waals surface area contributed by atoms with Crippen molar-refractivity contribution in [3.63, 3.8) is 0 Å². The molecule has 0 saturated heterocycles. The Hall–Kier alpha value is -14.2. The quantitative estimate of drug-likeness (QED) is 0.0460. The van der Waals surface area contributed by atoms with E-state index in [9.17, 15) is 0 Å². The van der Waals surface area contributed by atoms with Crippen LogP contribution in [0.1, 0.15) is 183 Å². The summed E-state index contributed by atoms with van der Waals surface area (Å²) in [4.78, 5) is 75.6. The van der Waals surface area contributed by atoms with Gasteiger partial charge in [0, 0.05) is 93.7 Å². The van der Waals surface area contributed by atoms with Crippen molar-refractivity contribution < 1.29 is 18.0 Å². The van der Waals surface area contributed by atoms with E-state index in [-0.39, 0.29) is 29.8 Å². The average Bonchev–Trinajstić information content (AvgIpc) is 1.58. The van der Waals surface area contributed by atoms with E-state index in [0.29, 0.717) is 116 Å². The lowest BCUT2D eigenvalue weighted by atomic mass is 10.0. The standard InChI is InChI=1S/2C11H13N3O.C10H11N5.2C10H12N4O.2C10H12N4S.C9H11N5S/c1-7(2)8-3-5-9(6-4-8)10-13-11(12)14-15-10;1-7(2)9-4-3-8(5-13-9)10-6-15-11(12)14-10;1-6-2-3-7(5-13-6)8-4-9(11)15-10(12)14-8;1-6(2)7-3-4-8(12-5-7)9-13-10(11)15-14-9;1-6(2)10-13-9(14-15-10)7-4-3-5-8(11)12-7;1-6(2)8-4-13-10(15-8)7-3-12-5-9(11)14-7;1-6(2)7-3-4-8(12-5-7)9-13-10(11)14-15-9;1-5(2)6-3-12-7(4-11-6)8-13-9(10)15-14-8/h2*3-7H,1-2H3,(H2,12,14);2-5H,1H3,(H4,11,12,14,15);3-6H,1-2H3,(H2,11,13,14);3-6H,1-2H3,(H2,11,12);2*3-6H,1-2H3,(H2,11,14);3-5H,1-2H3,(H2,10,13,14). The van der Waals surface area contributed by atoms with E-state index in [0.717, 1.165) is 72.4 Å². The highest BCUT2D eigenvalue weighted by atomic mass is 32.1. The number of aryl methyl sites for hydroxylation is 1. The van der Waals surface area contributed by atoms with Gasteiger partial charge in [0.05, 0.1) is 30.0 Å². The van der Waals surface area contributed by atoms with Crippen molar-refractivity contribution in [3.8, 4) is 89.9 Å². The Kier molecular flexibility index (Phi) is 32.2. The third kappa shape index (κ3) is 27.2. The van der Waals surface area contributed by atoms with Crippen molar-refractivity contribution in [2.75, 3.05) is 51.6 Å². The molecule has 0 amide bonds. The van der Waals surface area contributed by atoms with Crippen LogP contribution in [0.5, 0.6) is 0 Å². The van der Waals surface area contributed by atoms with Gasteiger partial charge >= 0.3 is 6.01 Å². The highest BCUT2D eigenvalue weighted by molar-refractivity contribution is 7.15. The molecule has 15 aromatic heterocycles. The fourth-order valence-corrected chi connectivity index (χ4v) is 11.6. The Balaban J connectivity index is 0.000000156. The number of hydrogen-bond acceptors (Lipinski definition) is 39. The highest BCUT2D eigenvalue weighted by Crippen LogP contribution is 2.30. The van der Waals surface area contributed by atoms with Crippen molar-refractivity contribution in [1.29, 1.82) is 0 Å². The molecule has 0 unspecified atom stereocenters. The number of nitrogens with zero attached hydrogens (tertiary/aromatic N) is 23. The molecule has 0 atom stereocenters. The Morgan fingerprint density at radius 1 is 0.333 bits per heavy atom. The first-order chi connectivity index (χ1) is 57.3. The SMILES string of the molecule is CC(C)c1ccc(-c2coc(N)n2)cn1.CC(C)c1ccc(-c2nc(N)no2)cc1.CC(C)c1ccc(-c2nc(N)ns2)nc1.CC(C)c1ccc(-c2noc(N)n2)nc1.CC(C)c1cnc(-c2cncc(N)n2)s1.CC(C)c1cnc(-c2nsc(N)n2)cn1.CC(C)c1nc(-c2cccc(N)n2)no1.Cc1ccc(-c2cc(N)nc(N)n2)cn1. The monoisotopic (exact) mass is 1680 g/mol. The van der Waals surface area contributed by atoms with E-state index < -0.39 is 0 Å². The topological polar surface area (TPSA) is 583 Å². The fourth-order valence-electron chi connectivity index (χ4n) is 9.76. The molecule has 120 heavy (non-hydrogen) atoms. The van der Waals surface area contributed by atoms with Crippen molar-refractivity contribution in [2.24, 2.45) is 0 Å². The summed E-state index contributed by atoms with van der Waals surface area (Å²) in [6, 6.07) is 30.9. The zero-order chi connectivity index (χ0) is 86.7. The number of benzene rings is 1. The molecule has 36 nitrogen and oxygen atoms in total. The molecular weight excluding hydrogens is 1580 g/mol. The van der Waals surface area contributed by atoms with E-state index in [1.54, 1.807) is 60.5 Å². The minimum atomic E-state index is 0.0553. The van der Waals surface area contributed by atoms with Gasteiger partial charge in [-0.1, -0.05) is 138 Å². The van der Waals surface area contributed by atoms with E-state index in [2.05, 4.69) is 220 Å². The minimum absolute atomic E-state index is 0.0553. The minimum Gasteiger partial charge on any atom is -0.432 e. The lowest BCUT2D eigenvalue weighted by Crippen LogP contribution is -2.00. The van der Waals surface area contributed by atoms with Crippen LogP contribution in [0.2, 0.25) is 0 Å². The first-order valence-electron chi connectivity index (χ1n) is 37.6. The normalized spacial score (nSPS) is 10.8. The molecule has 0 aliphatic carbocycles. The van der Waals surface area contributed by atoms with Crippen LogP contribution >= 0.6 is 34.4 Å². The second-order valence-electron chi connectivity index (χ2n) is 28.4. The van der Waals surface area contributed by atoms with Gasteiger partial charge in [0.2, 0.25) is 29.4 Å². The summed E-state index contributed by atoms with van der Waals surface area (Å²) in [5, 5.41) is 13.2. The number of nitrogen functional groups attached to an aromatic ring is 9. The van der Waals surface area contributed by atoms with Gasteiger partial charge in [0.1, 0.15) is 62.9 Å². The molecule has 18 N–H and O–H groups in total. The van der Waals surface area contributed by atoms with Crippen LogP contribution in [0.3, 0.4) is 0 Å². The van der Waals surface area contributed by atoms with Crippen LogP contribution in [0.15, 0.2) is 177 Å².